The number of halogens is 2. The first-order valence-corrected chi connectivity index (χ1v) is 13.3. The molecule has 0 saturated heterocycles. The number of amides is 2. The number of carbonyl (C=O) groups is 3. The summed E-state index contributed by atoms with van der Waals surface area (Å²) in [4.78, 5) is 45.9. The Balaban J connectivity index is 1.53. The largest absolute Gasteiger partial charge is 0.465 e. The van der Waals surface area contributed by atoms with Crippen LogP contribution in [0.2, 0.25) is 5.02 Å². The number of rotatable bonds is 8. The molecule has 38 heavy (non-hydrogen) atoms. The molecule has 200 valence electrons. The van der Waals surface area contributed by atoms with Crippen LogP contribution in [-0.4, -0.2) is 47.4 Å². The van der Waals surface area contributed by atoms with Crippen molar-refractivity contribution >= 4 is 52.1 Å². The molecule has 0 bridgehead atoms. The number of thiazole rings is 1. The average molecular weight is 559 g/mol. The van der Waals surface area contributed by atoms with Gasteiger partial charge >= 0.3 is 5.97 Å². The normalized spacial score (nSPS) is 13.2. The highest BCUT2D eigenvalue weighted by Crippen LogP contribution is 2.31. The van der Waals surface area contributed by atoms with Gasteiger partial charge in [-0.25, -0.2) is 14.2 Å². The van der Waals surface area contributed by atoms with E-state index in [1.54, 1.807) is 0 Å². The van der Waals surface area contributed by atoms with Crippen LogP contribution in [-0.2, 0) is 28.9 Å². The molecule has 2 heterocycles. The maximum absolute atomic E-state index is 13.2. The number of methoxy groups -OCH3 is 1. The fourth-order valence-electron chi connectivity index (χ4n) is 4.16. The lowest BCUT2D eigenvalue weighted by atomic mass is 10.0. The molecule has 2 N–H and O–H groups in total. The van der Waals surface area contributed by atoms with E-state index in [-0.39, 0.29) is 29.3 Å². The third-order valence-electron chi connectivity index (χ3n) is 6.28. The lowest BCUT2D eigenvalue weighted by Gasteiger charge is -2.29. The van der Waals surface area contributed by atoms with E-state index in [9.17, 15) is 18.8 Å². The van der Waals surface area contributed by atoms with Crippen molar-refractivity contribution in [3.63, 3.8) is 0 Å². The zero-order valence-electron chi connectivity index (χ0n) is 21.3. The summed E-state index contributed by atoms with van der Waals surface area (Å²) in [6, 6.07) is 8.75. The molecule has 2 aromatic carbocycles. The number of ether oxygens (including phenoxy) is 1. The number of esters is 1. The maximum atomic E-state index is 13.2. The molecule has 0 unspecified atom stereocenters. The van der Waals surface area contributed by atoms with E-state index in [4.69, 9.17) is 16.3 Å². The number of nitrogens with one attached hydrogen (secondary N) is 2. The van der Waals surface area contributed by atoms with Gasteiger partial charge in [0.25, 0.3) is 5.91 Å². The molecule has 1 aliphatic heterocycles. The first kappa shape index (κ1) is 27.7. The van der Waals surface area contributed by atoms with Crippen molar-refractivity contribution in [1.29, 1.82) is 0 Å². The predicted molar refractivity (Wildman–Crippen MR) is 145 cm³/mol. The van der Waals surface area contributed by atoms with Crippen LogP contribution in [0.5, 0.6) is 0 Å². The van der Waals surface area contributed by atoms with Crippen LogP contribution >= 0.6 is 22.9 Å². The van der Waals surface area contributed by atoms with E-state index >= 15 is 0 Å². The molecule has 0 aliphatic carbocycles. The highest BCUT2D eigenvalue weighted by atomic mass is 35.5. The number of anilines is 2. The predicted octanol–water partition coefficient (Wildman–Crippen LogP) is 5.31. The van der Waals surface area contributed by atoms with Gasteiger partial charge in [0, 0.05) is 53.2 Å². The highest BCUT2D eigenvalue weighted by Gasteiger charge is 2.25. The lowest BCUT2D eigenvalue weighted by Crippen LogP contribution is -2.35. The minimum atomic E-state index is -0.610. The first-order chi connectivity index (χ1) is 18.1. The number of hydrogen-bond donors (Lipinski definition) is 2. The van der Waals surface area contributed by atoms with E-state index < -0.39 is 17.7 Å². The first-order valence-electron chi connectivity index (χ1n) is 12.1. The third kappa shape index (κ3) is 6.56. The molecule has 0 radical (unpaired) electrons. The van der Waals surface area contributed by atoms with Gasteiger partial charge in [-0.15, -0.1) is 11.3 Å². The van der Waals surface area contributed by atoms with Crippen molar-refractivity contribution in [3.8, 4) is 0 Å². The summed E-state index contributed by atoms with van der Waals surface area (Å²) in [6.07, 6.45) is 0.990. The van der Waals surface area contributed by atoms with Crippen molar-refractivity contribution in [1.82, 2.24) is 9.88 Å². The number of carbonyl (C=O) groups excluding carboxylic acids is 3. The van der Waals surface area contributed by atoms with E-state index in [1.807, 2.05) is 0 Å². The Kier molecular flexibility index (Phi) is 8.76. The molecule has 0 fully saturated rings. The molecule has 2 amide bonds. The molecule has 1 aromatic heterocycles. The Morgan fingerprint density at radius 1 is 1.18 bits per heavy atom. The number of fused-ring (bicyclic) bond motifs is 1. The van der Waals surface area contributed by atoms with E-state index in [0.29, 0.717) is 28.0 Å². The molecule has 0 spiro atoms. The zero-order chi connectivity index (χ0) is 27.4. The van der Waals surface area contributed by atoms with Crippen LogP contribution < -0.4 is 10.6 Å². The van der Waals surface area contributed by atoms with Crippen LogP contribution in [0.3, 0.4) is 0 Å². The minimum Gasteiger partial charge on any atom is -0.465 e. The van der Waals surface area contributed by atoms with Gasteiger partial charge in [0.15, 0.2) is 5.01 Å². The van der Waals surface area contributed by atoms with Crippen LogP contribution in [0, 0.1) is 5.82 Å². The Hall–Kier alpha value is -3.34. The van der Waals surface area contributed by atoms with E-state index in [2.05, 4.69) is 34.4 Å². The molecule has 8 nitrogen and oxygen atoms in total. The second-order valence-electron chi connectivity index (χ2n) is 9.19. The fraction of sp³-hybridized carbons (Fsp3) is 0.333. The molecular formula is C27H28ClFN4O4S. The Labute approximate surface area is 229 Å². The maximum Gasteiger partial charge on any atom is 0.337 e. The number of benzene rings is 2. The van der Waals surface area contributed by atoms with Crippen LogP contribution in [0.4, 0.5) is 15.8 Å². The second-order valence-corrected chi connectivity index (χ2v) is 10.7. The standard InChI is InChI=1S/C27H28ClFN4O4S/c1-15(2)33-11-10-21-23(14-33)38-26(32-21)25(35)31-22-13-16(27(36)37-3)12-20(28)19(22)8-9-24(34)30-18-6-4-17(29)5-7-18/h4-7,12-13,15H,8-11,14H2,1-3H3,(H,30,34)(H,31,35). The van der Waals surface area contributed by atoms with Crippen LogP contribution in [0.1, 0.15) is 56.6 Å². The highest BCUT2D eigenvalue weighted by molar-refractivity contribution is 7.13. The molecule has 3 aromatic rings. The van der Waals surface area contributed by atoms with Gasteiger partial charge in [-0.05, 0) is 62.2 Å². The van der Waals surface area contributed by atoms with Gasteiger partial charge < -0.3 is 15.4 Å². The molecule has 0 saturated carbocycles. The number of hydrogen-bond acceptors (Lipinski definition) is 7. The third-order valence-corrected chi connectivity index (χ3v) is 7.70. The second kappa shape index (κ2) is 12.0. The van der Waals surface area contributed by atoms with Gasteiger partial charge in [0.05, 0.1) is 18.4 Å². The van der Waals surface area contributed by atoms with Gasteiger partial charge in [-0.1, -0.05) is 11.6 Å². The smallest absolute Gasteiger partial charge is 0.337 e. The summed E-state index contributed by atoms with van der Waals surface area (Å²) in [5.41, 5.74) is 2.35. The zero-order valence-corrected chi connectivity index (χ0v) is 22.8. The summed E-state index contributed by atoms with van der Waals surface area (Å²) in [7, 11) is 1.25. The van der Waals surface area contributed by atoms with E-state index in [0.717, 1.165) is 30.1 Å². The number of aromatic nitrogens is 1. The number of nitrogens with zero attached hydrogens (tertiary/aromatic N) is 2. The van der Waals surface area contributed by atoms with Crippen molar-refractivity contribution in [2.45, 2.75) is 45.7 Å². The summed E-state index contributed by atoms with van der Waals surface area (Å²) in [5.74, 6) is -1.75. The van der Waals surface area contributed by atoms with Gasteiger partial charge in [-0.2, -0.15) is 0 Å². The van der Waals surface area contributed by atoms with E-state index in [1.165, 1.54) is 54.8 Å². The monoisotopic (exact) mass is 558 g/mol. The Morgan fingerprint density at radius 3 is 2.61 bits per heavy atom. The van der Waals surface area contributed by atoms with Crippen molar-refractivity contribution in [3.05, 3.63) is 73.9 Å². The average Bonchev–Trinajstić information content (AvgIpc) is 3.32. The van der Waals surface area contributed by atoms with Gasteiger partial charge in [-0.3, -0.25) is 14.5 Å². The van der Waals surface area contributed by atoms with Crippen molar-refractivity contribution < 1.29 is 23.5 Å². The van der Waals surface area contributed by atoms with Gasteiger partial charge in [0.1, 0.15) is 5.82 Å². The fourth-order valence-corrected chi connectivity index (χ4v) is 5.50. The summed E-state index contributed by atoms with van der Waals surface area (Å²) >= 11 is 7.85. The Bertz CT molecular complexity index is 1360. The SMILES string of the molecule is COC(=O)c1cc(Cl)c(CCC(=O)Nc2ccc(F)cc2)c(NC(=O)c2nc3c(s2)CN(C(C)C)CC3)c1. The van der Waals surface area contributed by atoms with Crippen LogP contribution in [0.25, 0.3) is 0 Å². The van der Waals surface area contributed by atoms with Crippen LogP contribution in [0.15, 0.2) is 36.4 Å². The summed E-state index contributed by atoms with van der Waals surface area (Å²) < 4.78 is 18.0. The van der Waals surface area contributed by atoms with Crippen molar-refractivity contribution in [2.24, 2.45) is 0 Å². The summed E-state index contributed by atoms with van der Waals surface area (Å²) in [5, 5.41) is 6.07. The van der Waals surface area contributed by atoms with Crippen molar-refractivity contribution in [2.75, 3.05) is 24.3 Å². The molecule has 1 aliphatic rings. The molecule has 0 atom stereocenters. The lowest BCUT2D eigenvalue weighted by molar-refractivity contribution is -0.116. The molecule has 11 heteroatoms. The summed E-state index contributed by atoms with van der Waals surface area (Å²) in [6.45, 7) is 5.91. The molecule has 4 rings (SSSR count). The van der Waals surface area contributed by atoms with Gasteiger partial charge in [0.2, 0.25) is 5.91 Å². The Morgan fingerprint density at radius 2 is 1.92 bits per heavy atom. The quantitative estimate of drug-likeness (QED) is 0.363. The minimum absolute atomic E-state index is 0.0358. The topological polar surface area (TPSA) is 101 Å². The molecular weight excluding hydrogens is 531 g/mol.